The molecule has 1 saturated carbocycles. The molecule has 1 amide bonds. The Balaban J connectivity index is 1.69. The second-order valence-corrected chi connectivity index (χ2v) is 6.29. The van der Waals surface area contributed by atoms with Crippen LogP contribution < -0.4 is 0 Å². The molecule has 2 atom stereocenters. The average Bonchev–Trinajstić information content (AvgIpc) is 2.47. The van der Waals surface area contributed by atoms with Gasteiger partial charge in [0.05, 0.1) is 0 Å². The van der Waals surface area contributed by atoms with Crippen LogP contribution in [0.1, 0.15) is 42.5 Å². The maximum Gasteiger partial charge on any atom is 0.253 e. The van der Waals surface area contributed by atoms with Crippen molar-refractivity contribution in [3.8, 4) is 0 Å². The number of carbonyl (C=O) groups excluding carboxylic acids is 1. The molecule has 1 aliphatic carbocycles. The van der Waals surface area contributed by atoms with Crippen LogP contribution in [0.15, 0.2) is 24.3 Å². The first-order chi connectivity index (χ1) is 9.24. The highest BCUT2D eigenvalue weighted by Gasteiger charge is 2.33. The fourth-order valence-electron chi connectivity index (χ4n) is 3.56. The summed E-state index contributed by atoms with van der Waals surface area (Å²) in [4.78, 5) is 14.5. The Morgan fingerprint density at radius 2 is 1.74 bits per heavy atom. The van der Waals surface area contributed by atoms with Gasteiger partial charge in [-0.3, -0.25) is 4.79 Å². The molecule has 0 spiro atoms. The smallest absolute Gasteiger partial charge is 0.253 e. The van der Waals surface area contributed by atoms with Gasteiger partial charge in [0.15, 0.2) is 0 Å². The lowest BCUT2D eigenvalue weighted by molar-refractivity contribution is 0.0521. The minimum Gasteiger partial charge on any atom is -0.338 e. The van der Waals surface area contributed by atoms with E-state index in [2.05, 4.69) is 0 Å². The number of hydrogen-bond acceptors (Lipinski definition) is 1. The summed E-state index contributed by atoms with van der Waals surface area (Å²) in [6, 6.07) is 7.25. The van der Waals surface area contributed by atoms with Crippen molar-refractivity contribution in [2.45, 2.75) is 32.1 Å². The molecule has 2 aliphatic rings. The van der Waals surface area contributed by atoms with E-state index in [-0.39, 0.29) is 5.91 Å². The summed E-state index contributed by atoms with van der Waals surface area (Å²) in [5.41, 5.74) is 0.763. The van der Waals surface area contributed by atoms with Crippen molar-refractivity contribution >= 4 is 17.5 Å². The number of halogens is 1. The summed E-state index contributed by atoms with van der Waals surface area (Å²) in [5, 5.41) is 0.683. The summed E-state index contributed by atoms with van der Waals surface area (Å²) in [6.45, 7) is 1.87. The van der Waals surface area contributed by atoms with Gasteiger partial charge in [0.1, 0.15) is 0 Å². The highest BCUT2D eigenvalue weighted by molar-refractivity contribution is 6.30. The van der Waals surface area contributed by atoms with Gasteiger partial charge in [-0.2, -0.15) is 0 Å². The minimum atomic E-state index is 0.167. The SMILES string of the molecule is O=C(c1ccc(Cl)cc1)N1CC[C@@H]2CCCC[C@H]2C1. The summed E-state index contributed by atoms with van der Waals surface area (Å²) in [6.07, 6.45) is 6.57. The van der Waals surface area contributed by atoms with Crippen LogP contribution in [0.4, 0.5) is 0 Å². The van der Waals surface area contributed by atoms with Crippen LogP contribution in [0.2, 0.25) is 5.02 Å². The molecule has 2 nitrogen and oxygen atoms in total. The lowest BCUT2D eigenvalue weighted by Crippen LogP contribution is -2.44. The minimum absolute atomic E-state index is 0.167. The summed E-state index contributed by atoms with van der Waals surface area (Å²) in [7, 11) is 0. The molecule has 102 valence electrons. The van der Waals surface area contributed by atoms with E-state index in [9.17, 15) is 4.79 Å². The van der Waals surface area contributed by atoms with Crippen LogP contribution in [-0.4, -0.2) is 23.9 Å². The van der Waals surface area contributed by atoms with Gasteiger partial charge in [-0.15, -0.1) is 0 Å². The molecule has 0 aromatic heterocycles. The zero-order valence-corrected chi connectivity index (χ0v) is 11.9. The predicted molar refractivity (Wildman–Crippen MR) is 77.4 cm³/mol. The first-order valence-corrected chi connectivity index (χ1v) is 7.66. The van der Waals surface area contributed by atoms with Gasteiger partial charge < -0.3 is 4.90 Å². The Morgan fingerprint density at radius 3 is 2.47 bits per heavy atom. The lowest BCUT2D eigenvalue weighted by Gasteiger charge is -2.41. The topological polar surface area (TPSA) is 20.3 Å². The maximum atomic E-state index is 12.5. The van der Waals surface area contributed by atoms with Crippen molar-refractivity contribution in [1.29, 1.82) is 0 Å². The van der Waals surface area contributed by atoms with E-state index in [1.807, 2.05) is 17.0 Å². The molecule has 0 unspecified atom stereocenters. The Morgan fingerprint density at radius 1 is 1.05 bits per heavy atom. The zero-order chi connectivity index (χ0) is 13.2. The van der Waals surface area contributed by atoms with Gasteiger partial charge in [0, 0.05) is 23.7 Å². The van der Waals surface area contributed by atoms with Crippen LogP contribution in [0.25, 0.3) is 0 Å². The molecule has 1 aliphatic heterocycles. The standard InChI is InChI=1S/C16H20ClNO/c17-15-7-5-13(6-8-15)16(19)18-10-9-12-3-1-2-4-14(12)11-18/h5-8,12,14H,1-4,9-11H2/t12-,14-/m0/s1. The number of benzene rings is 1. The predicted octanol–water partition coefficient (Wildman–Crippen LogP) is 3.99. The third kappa shape index (κ3) is 2.79. The first kappa shape index (κ1) is 13.0. The van der Waals surface area contributed by atoms with E-state index >= 15 is 0 Å². The van der Waals surface area contributed by atoms with Crippen molar-refractivity contribution in [2.75, 3.05) is 13.1 Å². The number of rotatable bonds is 1. The largest absolute Gasteiger partial charge is 0.338 e. The number of fused-ring (bicyclic) bond motifs is 1. The third-order valence-electron chi connectivity index (χ3n) is 4.67. The van der Waals surface area contributed by atoms with Crippen molar-refractivity contribution < 1.29 is 4.79 Å². The van der Waals surface area contributed by atoms with Crippen LogP contribution in [0, 0.1) is 11.8 Å². The zero-order valence-electron chi connectivity index (χ0n) is 11.1. The quantitative estimate of drug-likeness (QED) is 0.760. The molecule has 3 rings (SSSR count). The molecule has 19 heavy (non-hydrogen) atoms. The second kappa shape index (κ2) is 5.54. The van der Waals surface area contributed by atoms with Gasteiger partial charge in [-0.05, 0) is 48.9 Å². The summed E-state index contributed by atoms with van der Waals surface area (Å²) < 4.78 is 0. The van der Waals surface area contributed by atoms with Gasteiger partial charge in [0.2, 0.25) is 0 Å². The van der Waals surface area contributed by atoms with Gasteiger partial charge >= 0.3 is 0 Å². The number of piperidine rings is 1. The monoisotopic (exact) mass is 277 g/mol. The number of carbonyl (C=O) groups is 1. The Hall–Kier alpha value is -1.02. The first-order valence-electron chi connectivity index (χ1n) is 7.29. The van der Waals surface area contributed by atoms with Crippen molar-refractivity contribution in [1.82, 2.24) is 4.90 Å². The van der Waals surface area contributed by atoms with Crippen LogP contribution in [0.5, 0.6) is 0 Å². The second-order valence-electron chi connectivity index (χ2n) is 5.85. The van der Waals surface area contributed by atoms with Crippen LogP contribution in [-0.2, 0) is 0 Å². The molecule has 1 aromatic carbocycles. The van der Waals surface area contributed by atoms with Crippen LogP contribution >= 0.6 is 11.6 Å². The molecule has 1 saturated heterocycles. The Kier molecular flexibility index (Phi) is 3.79. The lowest BCUT2D eigenvalue weighted by atomic mass is 9.75. The fourth-order valence-corrected chi connectivity index (χ4v) is 3.69. The molecule has 1 heterocycles. The number of nitrogens with zero attached hydrogens (tertiary/aromatic N) is 1. The average molecular weight is 278 g/mol. The molecule has 1 aromatic rings. The van der Waals surface area contributed by atoms with Crippen molar-refractivity contribution in [2.24, 2.45) is 11.8 Å². The molecule has 0 radical (unpaired) electrons. The summed E-state index contributed by atoms with van der Waals surface area (Å²) >= 11 is 5.87. The Bertz CT molecular complexity index is 456. The fraction of sp³-hybridized carbons (Fsp3) is 0.562. The maximum absolute atomic E-state index is 12.5. The molecule has 0 bridgehead atoms. The van der Waals surface area contributed by atoms with Crippen LogP contribution in [0.3, 0.4) is 0 Å². The molecule has 3 heteroatoms. The van der Waals surface area contributed by atoms with Crippen molar-refractivity contribution in [3.05, 3.63) is 34.9 Å². The van der Waals surface area contributed by atoms with E-state index in [0.717, 1.165) is 30.5 Å². The highest BCUT2D eigenvalue weighted by Crippen LogP contribution is 2.36. The molecular weight excluding hydrogens is 258 g/mol. The van der Waals surface area contributed by atoms with E-state index in [0.29, 0.717) is 5.02 Å². The highest BCUT2D eigenvalue weighted by atomic mass is 35.5. The van der Waals surface area contributed by atoms with Gasteiger partial charge in [-0.1, -0.05) is 30.9 Å². The van der Waals surface area contributed by atoms with E-state index < -0.39 is 0 Å². The number of hydrogen-bond donors (Lipinski definition) is 0. The number of amides is 1. The molecular formula is C16H20ClNO. The van der Waals surface area contributed by atoms with Crippen molar-refractivity contribution in [3.63, 3.8) is 0 Å². The van der Waals surface area contributed by atoms with Gasteiger partial charge in [-0.25, -0.2) is 0 Å². The third-order valence-corrected chi connectivity index (χ3v) is 4.92. The van der Waals surface area contributed by atoms with E-state index in [4.69, 9.17) is 11.6 Å². The molecule has 2 fully saturated rings. The normalized spacial score (nSPS) is 26.9. The van der Waals surface area contributed by atoms with E-state index in [1.165, 1.54) is 32.1 Å². The Labute approximate surface area is 119 Å². The number of likely N-dealkylation sites (tertiary alicyclic amines) is 1. The summed E-state index contributed by atoms with van der Waals surface area (Å²) in [5.74, 6) is 1.77. The molecule has 0 N–H and O–H groups in total. The van der Waals surface area contributed by atoms with E-state index in [1.54, 1.807) is 12.1 Å². The van der Waals surface area contributed by atoms with Gasteiger partial charge in [0.25, 0.3) is 5.91 Å².